The summed E-state index contributed by atoms with van der Waals surface area (Å²) >= 11 is 2.39. The van der Waals surface area contributed by atoms with Crippen molar-refractivity contribution in [1.82, 2.24) is 0 Å². The topological polar surface area (TPSA) is 52.6 Å². The standard InChI is InChI=1S/C16H32IO4PSSi/c1-6-24(7-2,8-3)21-16-12(4)14(9-10-22-23(18)19)20-15(11-17)13(16)5/h12-16H,6-11H2,1-5H3/t12-,13+,14+,15-,16-/m1/s1. The van der Waals surface area contributed by atoms with Crippen LogP contribution in [0.25, 0.3) is 0 Å². The van der Waals surface area contributed by atoms with Crippen LogP contribution in [0.1, 0.15) is 41.0 Å². The van der Waals surface area contributed by atoms with E-state index in [4.69, 9.17) is 9.16 Å². The summed E-state index contributed by atoms with van der Waals surface area (Å²) in [7, 11) is -3.18. The number of hydrogen-bond acceptors (Lipinski definition) is 4. The third-order valence-corrected chi connectivity index (χ3v) is 13.0. The molecule has 0 spiro atoms. The minimum Gasteiger partial charge on any atom is -0.413 e. The number of ether oxygens (including phenoxy) is 1. The summed E-state index contributed by atoms with van der Waals surface area (Å²) in [4.78, 5) is 0. The molecule has 1 heterocycles. The third-order valence-electron chi connectivity index (χ3n) is 5.64. The fourth-order valence-corrected chi connectivity index (χ4v) is 8.93. The lowest BCUT2D eigenvalue weighted by Gasteiger charge is -2.48. The molecule has 4 nitrogen and oxygen atoms in total. The molecule has 0 saturated carbocycles. The Morgan fingerprint density at radius 3 is 2.08 bits per heavy atom. The molecular formula is C16H32IO4PSSi. The van der Waals surface area contributed by atoms with Crippen LogP contribution in [0.15, 0.2) is 0 Å². The fourth-order valence-electron chi connectivity index (χ4n) is 3.64. The smallest absolute Gasteiger partial charge is 0.234 e. The van der Waals surface area contributed by atoms with Crippen molar-refractivity contribution >= 4 is 48.1 Å². The lowest BCUT2D eigenvalue weighted by molar-refractivity contribution is -0.149. The van der Waals surface area contributed by atoms with Crippen molar-refractivity contribution in [3.63, 3.8) is 0 Å². The van der Waals surface area contributed by atoms with Crippen LogP contribution in [0.3, 0.4) is 0 Å². The number of halogens is 1. The Labute approximate surface area is 165 Å². The molecule has 0 aromatic heterocycles. The first-order valence-corrected chi connectivity index (χ1v) is 15.8. The number of alkyl halides is 1. The van der Waals surface area contributed by atoms with E-state index in [0.717, 1.165) is 29.0 Å². The largest absolute Gasteiger partial charge is 0.413 e. The fraction of sp³-hybridized carbons (Fsp3) is 1.00. The predicted octanol–water partition coefficient (Wildman–Crippen LogP) is 4.98. The van der Waals surface area contributed by atoms with Gasteiger partial charge < -0.3 is 9.16 Å². The normalized spacial score (nSPS) is 31.3. The second kappa shape index (κ2) is 11.0. The van der Waals surface area contributed by atoms with Crippen molar-refractivity contribution < 1.29 is 17.6 Å². The first-order valence-electron chi connectivity index (χ1n) is 9.00. The molecule has 1 fully saturated rings. The van der Waals surface area contributed by atoms with E-state index in [1.807, 2.05) is 0 Å². The third kappa shape index (κ3) is 6.01. The van der Waals surface area contributed by atoms with Crippen LogP contribution < -0.4 is 0 Å². The van der Waals surface area contributed by atoms with Gasteiger partial charge in [-0.05, 0) is 24.6 Å². The molecule has 1 aliphatic rings. The van der Waals surface area contributed by atoms with Crippen LogP contribution in [-0.2, 0) is 19.0 Å². The Kier molecular flexibility index (Phi) is 10.5. The summed E-state index contributed by atoms with van der Waals surface area (Å²) in [5, 5.41) is 0. The van der Waals surface area contributed by atoms with Crippen LogP contribution in [0.2, 0.25) is 18.1 Å². The molecule has 5 atom stereocenters. The molecule has 0 radical (unpaired) electrons. The van der Waals surface area contributed by atoms with Gasteiger partial charge >= 0.3 is 0 Å². The maximum absolute atomic E-state index is 10.8. The van der Waals surface area contributed by atoms with Crippen LogP contribution in [0.4, 0.5) is 0 Å². The zero-order valence-corrected chi connectivity index (χ0v) is 20.4. The highest BCUT2D eigenvalue weighted by molar-refractivity contribution is 14.1. The summed E-state index contributed by atoms with van der Waals surface area (Å²) in [6.07, 6.45) is 1.94. The summed E-state index contributed by atoms with van der Waals surface area (Å²) in [6.45, 7) is 11.3. The van der Waals surface area contributed by atoms with Crippen molar-refractivity contribution in [1.29, 1.82) is 0 Å². The lowest BCUT2D eigenvalue weighted by atomic mass is 9.82. The molecule has 24 heavy (non-hydrogen) atoms. The molecule has 1 saturated heterocycles. The van der Waals surface area contributed by atoms with Crippen molar-refractivity contribution in [2.24, 2.45) is 11.8 Å². The quantitative estimate of drug-likeness (QED) is 0.192. The van der Waals surface area contributed by atoms with E-state index in [1.165, 1.54) is 0 Å². The second-order valence-electron chi connectivity index (χ2n) is 6.77. The molecule has 0 unspecified atom stereocenters. The molecule has 0 bridgehead atoms. The Bertz CT molecular complexity index is 496. The van der Waals surface area contributed by atoms with Crippen LogP contribution >= 0.6 is 29.9 Å². The molecule has 0 aromatic rings. The zero-order chi connectivity index (χ0) is 18.3. The molecule has 1 aliphatic heterocycles. The molecule has 8 heteroatoms. The lowest BCUT2D eigenvalue weighted by Crippen LogP contribution is -2.55. The Morgan fingerprint density at radius 1 is 1.08 bits per heavy atom. The molecule has 0 aliphatic carbocycles. The molecule has 0 N–H and O–H groups in total. The van der Waals surface area contributed by atoms with Gasteiger partial charge in [-0.1, -0.05) is 57.2 Å². The van der Waals surface area contributed by atoms with E-state index < -0.39 is 18.2 Å². The molecule has 0 amide bonds. The van der Waals surface area contributed by atoms with Crippen molar-refractivity contribution in [2.75, 3.05) is 10.6 Å². The average Bonchev–Trinajstić information content (AvgIpc) is 2.57. The molecular weight excluding hydrogens is 474 g/mol. The minimum absolute atomic E-state index is 0.0966. The van der Waals surface area contributed by atoms with Crippen LogP contribution in [0, 0.1) is 11.8 Å². The van der Waals surface area contributed by atoms with Crippen LogP contribution in [0.5, 0.6) is 0 Å². The van der Waals surface area contributed by atoms with Gasteiger partial charge in [-0.2, -0.15) is 8.42 Å². The van der Waals surface area contributed by atoms with Crippen molar-refractivity contribution in [3.8, 4) is 0 Å². The van der Waals surface area contributed by atoms with Crippen LogP contribution in [-0.4, -0.2) is 45.6 Å². The first kappa shape index (κ1) is 23.0. The Balaban J connectivity index is 2.95. The molecule has 142 valence electrons. The van der Waals surface area contributed by atoms with Gasteiger partial charge in [-0.25, -0.2) is 0 Å². The summed E-state index contributed by atoms with van der Waals surface area (Å²) in [5.74, 6) is 0.696. The highest BCUT2D eigenvalue weighted by Gasteiger charge is 2.44. The maximum atomic E-state index is 10.8. The maximum Gasteiger partial charge on any atom is 0.234 e. The minimum atomic E-state index is -1.99. The highest BCUT2D eigenvalue weighted by atomic mass is 127. The number of rotatable bonds is 9. The molecule has 1 rings (SSSR count). The SMILES string of the molecule is CC[Si](CC)(CC)O[C@H]1[C@@H](C)[C@@H](CI)O[C@@H](CCP=S(=O)=O)[C@H]1C. The summed E-state index contributed by atoms with van der Waals surface area (Å²) in [5.41, 5.74) is 0. The van der Waals surface area contributed by atoms with Gasteiger partial charge in [0.05, 0.1) is 18.3 Å². The van der Waals surface area contributed by atoms with Gasteiger partial charge in [0.15, 0.2) is 8.32 Å². The van der Waals surface area contributed by atoms with E-state index in [-0.39, 0.29) is 18.3 Å². The zero-order valence-electron chi connectivity index (χ0n) is 15.5. The predicted molar refractivity (Wildman–Crippen MR) is 113 cm³/mol. The van der Waals surface area contributed by atoms with Crippen molar-refractivity contribution in [2.45, 2.75) is 77.5 Å². The second-order valence-corrected chi connectivity index (χ2v) is 15.2. The van der Waals surface area contributed by atoms with Gasteiger partial charge in [-0.15, -0.1) is 0 Å². The Morgan fingerprint density at radius 2 is 1.62 bits per heavy atom. The molecule has 0 aromatic carbocycles. The van der Waals surface area contributed by atoms with Gasteiger partial charge in [0, 0.05) is 29.8 Å². The first-order chi connectivity index (χ1) is 11.3. The van der Waals surface area contributed by atoms with E-state index in [9.17, 15) is 8.42 Å². The average molecular weight is 506 g/mol. The van der Waals surface area contributed by atoms with E-state index in [2.05, 4.69) is 57.2 Å². The van der Waals surface area contributed by atoms with Gasteiger partial charge in [0.25, 0.3) is 0 Å². The Hall–Kier alpha value is 0.987. The van der Waals surface area contributed by atoms with Gasteiger partial charge in [0.1, 0.15) is 0 Å². The number of hydrogen-bond donors (Lipinski definition) is 0. The van der Waals surface area contributed by atoms with Gasteiger partial charge in [0.2, 0.25) is 9.88 Å². The van der Waals surface area contributed by atoms with E-state index >= 15 is 0 Å². The monoisotopic (exact) mass is 506 g/mol. The van der Waals surface area contributed by atoms with Crippen molar-refractivity contribution in [3.05, 3.63) is 0 Å². The van der Waals surface area contributed by atoms with E-state index in [0.29, 0.717) is 25.4 Å². The van der Waals surface area contributed by atoms with E-state index in [1.54, 1.807) is 0 Å². The summed E-state index contributed by atoms with van der Waals surface area (Å²) < 4.78 is 35.7. The summed E-state index contributed by atoms with van der Waals surface area (Å²) in [6, 6.07) is 3.47. The van der Waals surface area contributed by atoms with Gasteiger partial charge in [-0.3, -0.25) is 0 Å². The highest BCUT2D eigenvalue weighted by Crippen LogP contribution is 2.38.